The van der Waals surface area contributed by atoms with Crippen LogP contribution in [0.15, 0.2) is 42.5 Å². The minimum Gasteiger partial charge on any atom is -0.455 e. The van der Waals surface area contributed by atoms with Gasteiger partial charge in [-0.05, 0) is 24.3 Å². The van der Waals surface area contributed by atoms with Gasteiger partial charge in [-0.3, -0.25) is 30.0 Å². The van der Waals surface area contributed by atoms with Gasteiger partial charge >= 0.3 is 5.97 Å². The van der Waals surface area contributed by atoms with Crippen molar-refractivity contribution in [3.05, 3.63) is 63.1 Å². The SMILES string of the molecule is O=C(COC(=O)CCC(=O)Nc1cccc(Cl)c1Cl)NNC(=O)c1ccccc1Cl. The summed E-state index contributed by atoms with van der Waals surface area (Å²) < 4.78 is 4.75. The number of hydrogen-bond donors (Lipinski definition) is 3. The molecule has 0 heterocycles. The van der Waals surface area contributed by atoms with Crippen LogP contribution in [-0.4, -0.2) is 30.3 Å². The fraction of sp³-hybridized carbons (Fsp3) is 0.158. The molecule has 2 aromatic rings. The van der Waals surface area contributed by atoms with Crippen LogP contribution < -0.4 is 16.2 Å². The lowest BCUT2D eigenvalue weighted by Gasteiger charge is -2.09. The largest absolute Gasteiger partial charge is 0.455 e. The first kappa shape index (κ1) is 23.5. The third-order valence-electron chi connectivity index (χ3n) is 3.58. The van der Waals surface area contributed by atoms with Crippen LogP contribution in [-0.2, 0) is 19.1 Å². The van der Waals surface area contributed by atoms with Crippen molar-refractivity contribution in [1.82, 2.24) is 10.9 Å². The van der Waals surface area contributed by atoms with Crippen LogP contribution in [0.3, 0.4) is 0 Å². The van der Waals surface area contributed by atoms with Crippen LogP contribution in [0, 0.1) is 0 Å². The number of amides is 3. The van der Waals surface area contributed by atoms with Crippen molar-refractivity contribution in [3.8, 4) is 0 Å². The molecule has 0 saturated heterocycles. The first-order chi connectivity index (χ1) is 14.3. The number of rotatable bonds is 7. The smallest absolute Gasteiger partial charge is 0.306 e. The van der Waals surface area contributed by atoms with Gasteiger partial charge in [0, 0.05) is 6.42 Å². The van der Waals surface area contributed by atoms with E-state index in [9.17, 15) is 19.2 Å². The highest BCUT2D eigenvalue weighted by molar-refractivity contribution is 6.44. The van der Waals surface area contributed by atoms with E-state index >= 15 is 0 Å². The highest BCUT2D eigenvalue weighted by Gasteiger charge is 2.14. The minimum absolute atomic E-state index is 0.169. The maximum absolute atomic E-state index is 11.9. The highest BCUT2D eigenvalue weighted by Crippen LogP contribution is 2.29. The summed E-state index contributed by atoms with van der Waals surface area (Å²) in [5.41, 5.74) is 4.73. The molecule has 0 unspecified atom stereocenters. The molecule has 0 radical (unpaired) electrons. The van der Waals surface area contributed by atoms with E-state index < -0.39 is 30.3 Å². The van der Waals surface area contributed by atoms with Crippen molar-refractivity contribution in [3.63, 3.8) is 0 Å². The lowest BCUT2D eigenvalue weighted by Crippen LogP contribution is -2.43. The summed E-state index contributed by atoms with van der Waals surface area (Å²) in [5.74, 6) is -2.64. The van der Waals surface area contributed by atoms with Crippen molar-refractivity contribution >= 4 is 64.2 Å². The number of ether oxygens (including phenoxy) is 1. The molecule has 0 aliphatic heterocycles. The van der Waals surface area contributed by atoms with Gasteiger partial charge in [-0.2, -0.15) is 0 Å². The van der Waals surface area contributed by atoms with Crippen LogP contribution >= 0.6 is 34.8 Å². The Hall–Kier alpha value is -2.81. The Kier molecular flexibility index (Phi) is 8.91. The molecule has 158 valence electrons. The number of nitrogens with one attached hydrogen (secondary N) is 3. The molecule has 3 N–H and O–H groups in total. The summed E-state index contributed by atoms with van der Waals surface area (Å²) >= 11 is 17.7. The number of benzene rings is 2. The zero-order valence-electron chi connectivity index (χ0n) is 15.3. The number of carbonyl (C=O) groups excluding carboxylic acids is 4. The van der Waals surface area contributed by atoms with Crippen molar-refractivity contribution < 1.29 is 23.9 Å². The second-order valence-corrected chi connectivity index (χ2v) is 6.98. The predicted molar refractivity (Wildman–Crippen MR) is 112 cm³/mol. The molecular formula is C19H16Cl3N3O5. The lowest BCUT2D eigenvalue weighted by molar-refractivity contribution is -0.149. The molecule has 0 aromatic heterocycles. The monoisotopic (exact) mass is 471 g/mol. The van der Waals surface area contributed by atoms with E-state index in [1.54, 1.807) is 30.3 Å². The molecule has 0 bridgehead atoms. The fourth-order valence-electron chi connectivity index (χ4n) is 2.12. The molecule has 0 saturated carbocycles. The van der Waals surface area contributed by atoms with E-state index in [1.807, 2.05) is 0 Å². The Morgan fingerprint density at radius 2 is 1.50 bits per heavy atom. The second-order valence-electron chi connectivity index (χ2n) is 5.79. The van der Waals surface area contributed by atoms with Gasteiger partial charge in [0.05, 0.1) is 32.7 Å². The molecule has 30 heavy (non-hydrogen) atoms. The molecule has 2 aromatic carbocycles. The molecule has 0 atom stereocenters. The fourth-order valence-corrected chi connectivity index (χ4v) is 2.69. The van der Waals surface area contributed by atoms with Crippen molar-refractivity contribution in [2.75, 3.05) is 11.9 Å². The second kappa shape index (κ2) is 11.4. The maximum Gasteiger partial charge on any atom is 0.306 e. The van der Waals surface area contributed by atoms with Gasteiger partial charge in [0.2, 0.25) is 5.91 Å². The van der Waals surface area contributed by atoms with Crippen molar-refractivity contribution in [2.45, 2.75) is 12.8 Å². The Labute approximate surface area is 186 Å². The Morgan fingerprint density at radius 3 is 2.23 bits per heavy atom. The third-order valence-corrected chi connectivity index (χ3v) is 4.73. The van der Waals surface area contributed by atoms with Crippen LogP contribution in [0.4, 0.5) is 5.69 Å². The number of halogens is 3. The summed E-state index contributed by atoms with van der Waals surface area (Å²) in [6, 6.07) is 11.0. The van der Waals surface area contributed by atoms with Gasteiger partial charge in [0.25, 0.3) is 11.8 Å². The third kappa shape index (κ3) is 7.22. The average molecular weight is 473 g/mol. The minimum atomic E-state index is -0.769. The summed E-state index contributed by atoms with van der Waals surface area (Å²) in [5, 5.41) is 3.20. The number of anilines is 1. The molecular weight excluding hydrogens is 457 g/mol. The van der Waals surface area contributed by atoms with Gasteiger partial charge in [-0.15, -0.1) is 0 Å². The molecule has 2 rings (SSSR count). The molecule has 11 heteroatoms. The van der Waals surface area contributed by atoms with E-state index in [0.717, 1.165) is 0 Å². The zero-order valence-corrected chi connectivity index (χ0v) is 17.6. The average Bonchev–Trinajstić information content (AvgIpc) is 2.72. The Balaban J connectivity index is 1.68. The zero-order chi connectivity index (χ0) is 22.1. The van der Waals surface area contributed by atoms with Crippen LogP contribution in [0.1, 0.15) is 23.2 Å². The first-order valence-electron chi connectivity index (χ1n) is 8.51. The number of hydrogen-bond acceptors (Lipinski definition) is 5. The number of hydrazine groups is 1. The number of esters is 1. The summed E-state index contributed by atoms with van der Waals surface area (Å²) in [6.45, 7) is -0.636. The topological polar surface area (TPSA) is 114 Å². The molecule has 0 aliphatic rings. The molecule has 3 amide bonds. The lowest BCUT2D eigenvalue weighted by atomic mass is 10.2. The Bertz CT molecular complexity index is 968. The van der Waals surface area contributed by atoms with E-state index in [2.05, 4.69) is 16.2 Å². The van der Waals surface area contributed by atoms with Crippen LogP contribution in [0.2, 0.25) is 15.1 Å². The van der Waals surface area contributed by atoms with E-state index in [1.165, 1.54) is 12.1 Å². The molecule has 0 spiro atoms. The van der Waals surface area contributed by atoms with E-state index in [-0.39, 0.29) is 33.5 Å². The number of carbonyl (C=O) groups is 4. The maximum atomic E-state index is 11.9. The normalized spacial score (nSPS) is 10.1. The van der Waals surface area contributed by atoms with Gasteiger partial charge in [0.1, 0.15) is 0 Å². The predicted octanol–water partition coefficient (Wildman–Crippen LogP) is 3.37. The molecule has 0 fully saturated rings. The van der Waals surface area contributed by atoms with Gasteiger partial charge in [-0.25, -0.2) is 0 Å². The van der Waals surface area contributed by atoms with Crippen LogP contribution in [0.5, 0.6) is 0 Å². The van der Waals surface area contributed by atoms with Crippen LogP contribution in [0.25, 0.3) is 0 Å². The first-order valence-corrected chi connectivity index (χ1v) is 9.64. The standard InChI is InChI=1S/C19H16Cl3N3O5/c20-12-5-2-1-4-11(12)19(29)25-24-16(27)10-30-17(28)9-8-15(26)23-14-7-3-6-13(21)18(14)22/h1-7H,8-10H2,(H,23,26)(H,24,27)(H,25,29). The van der Waals surface area contributed by atoms with Gasteiger partial charge < -0.3 is 10.1 Å². The molecule has 8 nitrogen and oxygen atoms in total. The van der Waals surface area contributed by atoms with E-state index in [4.69, 9.17) is 39.5 Å². The quantitative estimate of drug-likeness (QED) is 0.422. The summed E-state index contributed by atoms with van der Waals surface area (Å²) in [4.78, 5) is 47.2. The summed E-state index contributed by atoms with van der Waals surface area (Å²) in [7, 11) is 0. The van der Waals surface area contributed by atoms with Gasteiger partial charge in [-0.1, -0.05) is 53.0 Å². The summed E-state index contributed by atoms with van der Waals surface area (Å²) in [6.07, 6.45) is -0.449. The molecule has 0 aliphatic carbocycles. The van der Waals surface area contributed by atoms with Crippen molar-refractivity contribution in [1.29, 1.82) is 0 Å². The highest BCUT2D eigenvalue weighted by atomic mass is 35.5. The van der Waals surface area contributed by atoms with Gasteiger partial charge in [0.15, 0.2) is 6.61 Å². The van der Waals surface area contributed by atoms with Crippen molar-refractivity contribution in [2.24, 2.45) is 0 Å². The Morgan fingerprint density at radius 1 is 0.800 bits per heavy atom. The van der Waals surface area contributed by atoms with E-state index in [0.29, 0.717) is 5.69 Å².